The summed E-state index contributed by atoms with van der Waals surface area (Å²) in [6.45, 7) is 0. The number of anilines is 1. The Kier molecular flexibility index (Phi) is 3.57. The van der Waals surface area contributed by atoms with E-state index in [9.17, 15) is 13.2 Å². The van der Waals surface area contributed by atoms with Gasteiger partial charge >= 0.3 is 6.18 Å². The van der Waals surface area contributed by atoms with Crippen molar-refractivity contribution in [2.75, 3.05) is 5.43 Å². The number of hydrazine groups is 1. The monoisotopic (exact) mass is 269 g/mol. The molecule has 0 aliphatic rings. The zero-order chi connectivity index (χ0) is 13.9. The Morgan fingerprint density at radius 2 is 1.84 bits per heavy atom. The third kappa shape index (κ3) is 3.35. The second-order valence-electron chi connectivity index (χ2n) is 3.65. The number of nitrogen functional groups attached to an aromatic ring is 1. The average molecular weight is 269 g/mol. The Morgan fingerprint density at radius 3 is 2.53 bits per heavy atom. The highest BCUT2D eigenvalue weighted by molar-refractivity contribution is 5.42. The highest BCUT2D eigenvalue weighted by Crippen LogP contribution is 2.32. The van der Waals surface area contributed by atoms with Crippen LogP contribution >= 0.6 is 0 Å². The zero-order valence-corrected chi connectivity index (χ0v) is 9.61. The summed E-state index contributed by atoms with van der Waals surface area (Å²) in [4.78, 5) is 3.86. The number of aromatic nitrogens is 1. The van der Waals surface area contributed by atoms with Crippen LogP contribution in [0.1, 0.15) is 5.56 Å². The maximum atomic E-state index is 12.5. The lowest BCUT2D eigenvalue weighted by molar-refractivity contribution is -0.137. The maximum absolute atomic E-state index is 12.5. The molecule has 100 valence electrons. The number of ether oxygens (including phenoxy) is 1. The smallest absolute Gasteiger partial charge is 0.416 e. The average Bonchev–Trinajstić information content (AvgIpc) is 2.38. The van der Waals surface area contributed by atoms with Crippen molar-refractivity contribution in [1.29, 1.82) is 0 Å². The summed E-state index contributed by atoms with van der Waals surface area (Å²) in [5.74, 6) is 5.95. The number of benzene rings is 1. The lowest BCUT2D eigenvalue weighted by Gasteiger charge is -2.10. The van der Waals surface area contributed by atoms with Crippen LogP contribution in [-0.4, -0.2) is 4.98 Å². The van der Waals surface area contributed by atoms with Crippen LogP contribution in [0.5, 0.6) is 11.5 Å². The number of alkyl halides is 3. The Bertz CT molecular complexity index is 572. The standard InChI is InChI=1S/C12H10F3N3O/c13-12(14,15)8-2-1-3-9(6-8)19-10-4-5-17-11(7-10)18-16/h1-7H,16H2,(H,17,18). The summed E-state index contributed by atoms with van der Waals surface area (Å²) >= 11 is 0. The number of hydrogen-bond donors (Lipinski definition) is 2. The molecule has 0 atom stereocenters. The minimum atomic E-state index is -4.40. The van der Waals surface area contributed by atoms with Crippen LogP contribution in [-0.2, 0) is 6.18 Å². The lowest BCUT2D eigenvalue weighted by Crippen LogP contribution is -2.08. The number of rotatable bonds is 3. The van der Waals surface area contributed by atoms with Gasteiger partial charge in [0, 0.05) is 12.3 Å². The first-order valence-corrected chi connectivity index (χ1v) is 5.27. The molecule has 2 rings (SSSR count). The van der Waals surface area contributed by atoms with Gasteiger partial charge in [0.05, 0.1) is 5.56 Å². The predicted molar refractivity (Wildman–Crippen MR) is 63.6 cm³/mol. The van der Waals surface area contributed by atoms with Gasteiger partial charge in [-0.1, -0.05) is 6.07 Å². The number of nitrogens with zero attached hydrogens (tertiary/aromatic N) is 1. The molecule has 0 saturated heterocycles. The molecule has 1 aromatic carbocycles. The third-order valence-electron chi connectivity index (χ3n) is 2.28. The third-order valence-corrected chi connectivity index (χ3v) is 2.28. The van der Waals surface area contributed by atoms with Crippen LogP contribution in [0.3, 0.4) is 0 Å². The molecule has 0 bridgehead atoms. The quantitative estimate of drug-likeness (QED) is 0.663. The summed E-state index contributed by atoms with van der Waals surface area (Å²) < 4.78 is 42.9. The summed E-state index contributed by atoms with van der Waals surface area (Å²) in [7, 11) is 0. The molecular weight excluding hydrogens is 259 g/mol. The number of nitrogens with one attached hydrogen (secondary N) is 1. The van der Waals surface area contributed by atoms with Gasteiger partial charge in [-0.2, -0.15) is 13.2 Å². The SMILES string of the molecule is NNc1cc(Oc2cccc(C(F)(F)F)c2)ccn1. The van der Waals surface area contributed by atoms with Gasteiger partial charge in [-0.05, 0) is 24.3 Å². The highest BCUT2D eigenvalue weighted by atomic mass is 19.4. The van der Waals surface area contributed by atoms with E-state index in [1.807, 2.05) is 0 Å². The molecule has 0 spiro atoms. The summed E-state index contributed by atoms with van der Waals surface area (Å²) in [5, 5.41) is 0. The second-order valence-corrected chi connectivity index (χ2v) is 3.65. The lowest BCUT2D eigenvalue weighted by atomic mass is 10.2. The second kappa shape index (κ2) is 5.15. The van der Waals surface area contributed by atoms with Crippen LogP contribution in [0.25, 0.3) is 0 Å². The van der Waals surface area contributed by atoms with E-state index in [0.29, 0.717) is 11.6 Å². The van der Waals surface area contributed by atoms with Crippen molar-refractivity contribution in [3.63, 3.8) is 0 Å². The van der Waals surface area contributed by atoms with Crippen LogP contribution in [0, 0.1) is 0 Å². The zero-order valence-electron chi connectivity index (χ0n) is 9.61. The Balaban J connectivity index is 2.23. The molecule has 19 heavy (non-hydrogen) atoms. The number of hydrogen-bond acceptors (Lipinski definition) is 4. The molecular formula is C12H10F3N3O. The van der Waals surface area contributed by atoms with E-state index < -0.39 is 11.7 Å². The number of pyridine rings is 1. The van der Waals surface area contributed by atoms with E-state index in [0.717, 1.165) is 12.1 Å². The minimum Gasteiger partial charge on any atom is -0.457 e. The Hall–Kier alpha value is -2.28. The molecule has 3 N–H and O–H groups in total. The van der Waals surface area contributed by atoms with Crippen LogP contribution in [0.2, 0.25) is 0 Å². The molecule has 0 aliphatic heterocycles. The van der Waals surface area contributed by atoms with Crippen molar-refractivity contribution in [2.24, 2.45) is 5.84 Å². The van der Waals surface area contributed by atoms with Gasteiger partial charge in [0.15, 0.2) is 0 Å². The normalized spacial score (nSPS) is 11.2. The maximum Gasteiger partial charge on any atom is 0.416 e. The molecule has 1 heterocycles. The van der Waals surface area contributed by atoms with E-state index in [4.69, 9.17) is 10.6 Å². The van der Waals surface area contributed by atoms with Gasteiger partial charge in [0.1, 0.15) is 17.3 Å². The highest BCUT2D eigenvalue weighted by Gasteiger charge is 2.30. The van der Waals surface area contributed by atoms with E-state index in [1.54, 1.807) is 0 Å². The van der Waals surface area contributed by atoms with E-state index in [-0.39, 0.29) is 5.75 Å². The van der Waals surface area contributed by atoms with E-state index in [2.05, 4.69) is 10.4 Å². The van der Waals surface area contributed by atoms with Gasteiger partial charge < -0.3 is 10.2 Å². The van der Waals surface area contributed by atoms with Crippen LogP contribution in [0.4, 0.5) is 19.0 Å². The van der Waals surface area contributed by atoms with Crippen molar-refractivity contribution in [1.82, 2.24) is 4.98 Å². The van der Waals surface area contributed by atoms with E-state index >= 15 is 0 Å². The largest absolute Gasteiger partial charge is 0.457 e. The van der Waals surface area contributed by atoms with Gasteiger partial charge in [-0.15, -0.1) is 0 Å². The molecule has 4 nitrogen and oxygen atoms in total. The summed E-state index contributed by atoms with van der Waals surface area (Å²) in [6, 6.07) is 7.61. The first-order chi connectivity index (χ1) is 8.99. The van der Waals surface area contributed by atoms with E-state index in [1.165, 1.54) is 30.5 Å². The molecule has 0 radical (unpaired) electrons. The fourth-order valence-electron chi connectivity index (χ4n) is 1.43. The molecule has 0 aliphatic carbocycles. The van der Waals surface area contributed by atoms with Gasteiger partial charge in [0.25, 0.3) is 0 Å². The molecule has 1 aromatic heterocycles. The molecule has 7 heteroatoms. The Labute approximate surface area is 107 Å². The number of halogens is 3. The Morgan fingerprint density at radius 1 is 1.11 bits per heavy atom. The molecule has 0 saturated carbocycles. The molecule has 0 unspecified atom stereocenters. The van der Waals surface area contributed by atoms with Gasteiger partial charge in [-0.25, -0.2) is 10.8 Å². The van der Waals surface area contributed by atoms with Crippen molar-refractivity contribution in [3.05, 3.63) is 48.2 Å². The first kappa shape index (κ1) is 13.2. The molecule has 0 amide bonds. The van der Waals surface area contributed by atoms with Crippen LogP contribution < -0.4 is 16.0 Å². The predicted octanol–water partition coefficient (Wildman–Crippen LogP) is 3.18. The van der Waals surface area contributed by atoms with Crippen molar-refractivity contribution >= 4 is 5.82 Å². The van der Waals surface area contributed by atoms with Crippen LogP contribution in [0.15, 0.2) is 42.6 Å². The topological polar surface area (TPSA) is 60.2 Å². The van der Waals surface area contributed by atoms with Crippen molar-refractivity contribution < 1.29 is 17.9 Å². The molecule has 0 fully saturated rings. The van der Waals surface area contributed by atoms with Gasteiger partial charge in [-0.3, -0.25) is 0 Å². The van der Waals surface area contributed by atoms with Gasteiger partial charge in [0.2, 0.25) is 0 Å². The fraction of sp³-hybridized carbons (Fsp3) is 0.0833. The fourth-order valence-corrected chi connectivity index (χ4v) is 1.43. The first-order valence-electron chi connectivity index (χ1n) is 5.27. The number of nitrogens with two attached hydrogens (primary N) is 1. The molecule has 2 aromatic rings. The summed E-state index contributed by atoms with van der Waals surface area (Å²) in [5.41, 5.74) is 1.55. The van der Waals surface area contributed by atoms with Crippen molar-refractivity contribution in [2.45, 2.75) is 6.18 Å². The minimum absolute atomic E-state index is 0.0870. The van der Waals surface area contributed by atoms with Crippen molar-refractivity contribution in [3.8, 4) is 11.5 Å². The summed E-state index contributed by atoms with van der Waals surface area (Å²) in [6.07, 6.45) is -2.97.